The van der Waals surface area contributed by atoms with E-state index in [1.54, 1.807) is 12.1 Å². The molecule has 25 heavy (non-hydrogen) atoms. The van der Waals surface area contributed by atoms with Crippen LogP contribution in [0.4, 0.5) is 5.69 Å². The van der Waals surface area contributed by atoms with Gasteiger partial charge < -0.3 is 10.1 Å². The second-order valence-electron chi connectivity index (χ2n) is 5.47. The second-order valence-corrected chi connectivity index (χ2v) is 6.72. The topological polar surface area (TPSA) is 21.3 Å². The minimum absolute atomic E-state index is 0.374. The molecular formula is C20H16Cl3NO. The van der Waals surface area contributed by atoms with E-state index in [1.807, 2.05) is 54.6 Å². The Hall–Kier alpha value is -1.87. The molecule has 0 fully saturated rings. The molecule has 0 bridgehead atoms. The number of rotatable bonds is 6. The smallest absolute Gasteiger partial charge is 0.124 e. The zero-order chi connectivity index (χ0) is 17.6. The highest BCUT2D eigenvalue weighted by Gasteiger charge is 2.07. The van der Waals surface area contributed by atoms with E-state index in [-0.39, 0.29) is 0 Å². The van der Waals surface area contributed by atoms with E-state index in [2.05, 4.69) is 5.32 Å². The highest BCUT2D eigenvalue weighted by atomic mass is 35.5. The largest absolute Gasteiger partial charge is 0.488 e. The van der Waals surface area contributed by atoms with E-state index in [1.165, 1.54) is 0 Å². The Labute approximate surface area is 162 Å². The number of benzene rings is 3. The predicted octanol–water partition coefficient (Wildman–Crippen LogP) is 6.84. The lowest BCUT2D eigenvalue weighted by atomic mass is 10.2. The quantitative estimate of drug-likeness (QED) is 0.496. The number of para-hydroxylation sites is 2. The predicted molar refractivity (Wildman–Crippen MR) is 106 cm³/mol. The highest BCUT2D eigenvalue weighted by molar-refractivity contribution is 6.35. The Balaban J connectivity index is 1.69. The molecule has 0 atom stereocenters. The van der Waals surface area contributed by atoms with Gasteiger partial charge in [0.05, 0.1) is 10.7 Å². The van der Waals surface area contributed by atoms with Gasteiger partial charge in [0.15, 0.2) is 0 Å². The summed E-state index contributed by atoms with van der Waals surface area (Å²) in [6, 6.07) is 20.9. The first-order valence-electron chi connectivity index (χ1n) is 7.76. The summed E-state index contributed by atoms with van der Waals surface area (Å²) < 4.78 is 5.96. The fourth-order valence-corrected chi connectivity index (χ4v) is 3.05. The van der Waals surface area contributed by atoms with Gasteiger partial charge in [0.2, 0.25) is 0 Å². The van der Waals surface area contributed by atoms with E-state index in [4.69, 9.17) is 39.5 Å². The first-order chi connectivity index (χ1) is 12.1. The van der Waals surface area contributed by atoms with Crippen LogP contribution in [0.25, 0.3) is 0 Å². The Morgan fingerprint density at radius 2 is 1.52 bits per heavy atom. The first kappa shape index (κ1) is 17.9. The van der Waals surface area contributed by atoms with Crippen molar-refractivity contribution in [2.75, 3.05) is 5.32 Å². The lowest BCUT2D eigenvalue weighted by molar-refractivity contribution is 0.303. The molecule has 0 saturated heterocycles. The maximum atomic E-state index is 6.20. The molecular weight excluding hydrogens is 377 g/mol. The van der Waals surface area contributed by atoms with Crippen LogP contribution in [0.3, 0.4) is 0 Å². The standard InChI is InChI=1S/C20H16Cl3NO/c21-16-10-9-15(18(23)11-16)13-25-20-8-4-1-5-14(20)12-24-19-7-3-2-6-17(19)22/h1-11,24H,12-13H2. The molecule has 0 aromatic heterocycles. The van der Waals surface area contributed by atoms with Gasteiger partial charge in [-0.1, -0.05) is 71.2 Å². The van der Waals surface area contributed by atoms with Crippen LogP contribution in [0.2, 0.25) is 15.1 Å². The third-order valence-corrected chi connectivity index (χ3v) is 4.63. The maximum Gasteiger partial charge on any atom is 0.124 e. The van der Waals surface area contributed by atoms with Crippen molar-refractivity contribution in [3.05, 3.63) is 92.9 Å². The third-order valence-electron chi connectivity index (χ3n) is 3.71. The summed E-state index contributed by atoms with van der Waals surface area (Å²) in [5.74, 6) is 0.799. The molecule has 1 N–H and O–H groups in total. The van der Waals surface area contributed by atoms with Gasteiger partial charge in [0.1, 0.15) is 12.4 Å². The summed E-state index contributed by atoms with van der Waals surface area (Å²) >= 11 is 18.3. The summed E-state index contributed by atoms with van der Waals surface area (Å²) in [4.78, 5) is 0. The summed E-state index contributed by atoms with van der Waals surface area (Å²) in [5.41, 5.74) is 2.81. The Bertz CT molecular complexity index is 867. The minimum Gasteiger partial charge on any atom is -0.488 e. The zero-order valence-corrected chi connectivity index (χ0v) is 15.6. The number of nitrogens with one attached hydrogen (secondary N) is 1. The van der Waals surface area contributed by atoms with Crippen LogP contribution in [-0.2, 0) is 13.2 Å². The van der Waals surface area contributed by atoms with Gasteiger partial charge in [0.25, 0.3) is 0 Å². The number of ether oxygens (including phenoxy) is 1. The van der Waals surface area contributed by atoms with Crippen LogP contribution in [0.15, 0.2) is 66.7 Å². The monoisotopic (exact) mass is 391 g/mol. The number of hydrogen-bond acceptors (Lipinski definition) is 2. The van der Waals surface area contributed by atoms with Crippen LogP contribution in [0, 0.1) is 0 Å². The average molecular weight is 393 g/mol. The van der Waals surface area contributed by atoms with Gasteiger partial charge in [-0.05, 0) is 30.3 Å². The van der Waals surface area contributed by atoms with Crippen LogP contribution in [0.5, 0.6) is 5.75 Å². The first-order valence-corrected chi connectivity index (χ1v) is 8.90. The van der Waals surface area contributed by atoms with E-state index in [9.17, 15) is 0 Å². The molecule has 0 amide bonds. The highest BCUT2D eigenvalue weighted by Crippen LogP contribution is 2.26. The molecule has 0 heterocycles. The summed E-state index contributed by atoms with van der Waals surface area (Å²) in [6.07, 6.45) is 0. The SMILES string of the molecule is Clc1ccc(COc2ccccc2CNc2ccccc2Cl)c(Cl)c1. The lowest BCUT2D eigenvalue weighted by Crippen LogP contribution is -2.04. The zero-order valence-electron chi connectivity index (χ0n) is 13.3. The Morgan fingerprint density at radius 1 is 0.760 bits per heavy atom. The maximum absolute atomic E-state index is 6.20. The van der Waals surface area contributed by atoms with E-state index >= 15 is 0 Å². The van der Waals surface area contributed by atoms with E-state index < -0.39 is 0 Å². The fourth-order valence-electron chi connectivity index (χ4n) is 2.38. The van der Waals surface area contributed by atoms with Crippen molar-refractivity contribution in [1.82, 2.24) is 0 Å². The van der Waals surface area contributed by atoms with Crippen molar-refractivity contribution in [1.29, 1.82) is 0 Å². The second kappa shape index (κ2) is 8.48. The fraction of sp³-hybridized carbons (Fsp3) is 0.100. The summed E-state index contributed by atoms with van der Waals surface area (Å²) in [7, 11) is 0. The number of anilines is 1. The van der Waals surface area contributed by atoms with Crippen molar-refractivity contribution < 1.29 is 4.74 Å². The molecule has 0 aliphatic rings. The molecule has 3 aromatic rings. The van der Waals surface area contributed by atoms with Gasteiger partial charge in [-0.2, -0.15) is 0 Å². The van der Waals surface area contributed by atoms with Gasteiger partial charge in [-0.25, -0.2) is 0 Å². The summed E-state index contributed by atoms with van der Waals surface area (Å²) in [5, 5.41) is 5.23. The van der Waals surface area contributed by atoms with E-state index in [0.29, 0.717) is 28.2 Å². The molecule has 0 spiro atoms. The number of hydrogen-bond donors (Lipinski definition) is 1. The molecule has 2 nitrogen and oxygen atoms in total. The molecule has 128 valence electrons. The van der Waals surface area contributed by atoms with Gasteiger partial charge >= 0.3 is 0 Å². The van der Waals surface area contributed by atoms with Gasteiger partial charge in [0, 0.05) is 27.7 Å². The molecule has 3 rings (SSSR count). The number of halogens is 3. The van der Waals surface area contributed by atoms with Crippen molar-refractivity contribution in [2.24, 2.45) is 0 Å². The van der Waals surface area contributed by atoms with Crippen molar-refractivity contribution >= 4 is 40.5 Å². The van der Waals surface area contributed by atoms with Crippen molar-refractivity contribution in [3.8, 4) is 5.75 Å². The lowest BCUT2D eigenvalue weighted by Gasteiger charge is -2.14. The molecule has 3 aromatic carbocycles. The molecule has 0 aliphatic carbocycles. The third kappa shape index (κ3) is 4.82. The normalized spacial score (nSPS) is 10.5. The van der Waals surface area contributed by atoms with Gasteiger partial charge in [-0.15, -0.1) is 0 Å². The Kier molecular flexibility index (Phi) is 6.09. The molecule has 0 saturated carbocycles. The Morgan fingerprint density at radius 3 is 2.32 bits per heavy atom. The molecule has 0 radical (unpaired) electrons. The van der Waals surface area contributed by atoms with Crippen LogP contribution < -0.4 is 10.1 Å². The minimum atomic E-state index is 0.374. The summed E-state index contributed by atoms with van der Waals surface area (Å²) in [6.45, 7) is 0.980. The molecule has 0 aliphatic heterocycles. The van der Waals surface area contributed by atoms with E-state index in [0.717, 1.165) is 22.6 Å². The molecule has 0 unspecified atom stereocenters. The average Bonchev–Trinajstić information content (AvgIpc) is 2.61. The van der Waals surface area contributed by atoms with Crippen LogP contribution in [-0.4, -0.2) is 0 Å². The van der Waals surface area contributed by atoms with Gasteiger partial charge in [-0.3, -0.25) is 0 Å². The van der Waals surface area contributed by atoms with Crippen molar-refractivity contribution in [2.45, 2.75) is 13.2 Å². The van der Waals surface area contributed by atoms with Crippen LogP contribution >= 0.6 is 34.8 Å². The van der Waals surface area contributed by atoms with Crippen LogP contribution in [0.1, 0.15) is 11.1 Å². The molecule has 5 heteroatoms. The van der Waals surface area contributed by atoms with Crippen molar-refractivity contribution in [3.63, 3.8) is 0 Å².